The number of benzene rings is 2. The van der Waals surface area contributed by atoms with E-state index in [0.29, 0.717) is 41.8 Å². The van der Waals surface area contributed by atoms with Gasteiger partial charge in [0.05, 0.1) is 21.7 Å². The largest absolute Gasteiger partial charge is 0.465 e. The van der Waals surface area contributed by atoms with Crippen LogP contribution < -0.4 is 10.1 Å². The van der Waals surface area contributed by atoms with E-state index in [9.17, 15) is 22.8 Å². The molecule has 0 atom stereocenters. The number of esters is 1. The zero-order chi connectivity index (χ0) is 27.9. The lowest BCUT2D eigenvalue weighted by atomic mass is 10.2. The standard InChI is InChI=1S/C26H32N4O6S2/c1-5-14-29(15-6-2)38(34,35)21-11-8-19(9-12-21)25(33)28-26-30(17-24(32)36-7-3)22-13-10-20(27-18(4)31)16-23(22)37-26/h8-13,16H,5-7,14-15,17H2,1-4H3,(H,27,31). The molecule has 0 aliphatic carbocycles. The minimum atomic E-state index is -3.67. The van der Waals surface area contributed by atoms with E-state index in [2.05, 4.69) is 10.3 Å². The number of carbonyl (C=O) groups excluding carboxylic acids is 3. The van der Waals surface area contributed by atoms with Crippen molar-refractivity contribution in [3.8, 4) is 0 Å². The number of hydrogen-bond donors (Lipinski definition) is 1. The highest BCUT2D eigenvalue weighted by Crippen LogP contribution is 2.23. The number of thiazole rings is 1. The third-order valence-electron chi connectivity index (χ3n) is 5.48. The zero-order valence-electron chi connectivity index (χ0n) is 21.9. The third-order valence-corrected chi connectivity index (χ3v) is 8.43. The lowest BCUT2D eigenvalue weighted by molar-refractivity contribution is -0.143. The molecule has 0 saturated carbocycles. The van der Waals surface area contributed by atoms with Crippen molar-refractivity contribution in [2.75, 3.05) is 25.0 Å². The first-order valence-electron chi connectivity index (χ1n) is 12.4. The normalized spacial score (nSPS) is 12.2. The van der Waals surface area contributed by atoms with E-state index in [1.54, 1.807) is 29.7 Å². The van der Waals surface area contributed by atoms with Crippen molar-refractivity contribution in [1.29, 1.82) is 0 Å². The minimum absolute atomic E-state index is 0.112. The molecule has 0 aliphatic heterocycles. The summed E-state index contributed by atoms with van der Waals surface area (Å²) in [5, 5.41) is 2.71. The van der Waals surface area contributed by atoms with Gasteiger partial charge in [-0.15, -0.1) is 0 Å². The van der Waals surface area contributed by atoms with Crippen molar-refractivity contribution in [1.82, 2.24) is 8.87 Å². The van der Waals surface area contributed by atoms with Crippen LogP contribution in [0, 0.1) is 0 Å². The Kier molecular flexibility index (Phi) is 9.95. The Labute approximate surface area is 226 Å². The van der Waals surface area contributed by atoms with Gasteiger partial charge in [0.2, 0.25) is 15.9 Å². The minimum Gasteiger partial charge on any atom is -0.465 e. The van der Waals surface area contributed by atoms with Gasteiger partial charge >= 0.3 is 5.97 Å². The molecule has 2 aromatic carbocycles. The average Bonchev–Trinajstić information content (AvgIpc) is 3.19. The second-order valence-corrected chi connectivity index (χ2v) is 11.4. The molecule has 12 heteroatoms. The fourth-order valence-electron chi connectivity index (χ4n) is 3.85. The van der Waals surface area contributed by atoms with Gasteiger partial charge in [-0.3, -0.25) is 14.4 Å². The van der Waals surface area contributed by atoms with Crippen LogP contribution in [-0.4, -0.2) is 54.8 Å². The quantitative estimate of drug-likeness (QED) is 0.356. The van der Waals surface area contributed by atoms with Crippen molar-refractivity contribution < 1.29 is 27.5 Å². The van der Waals surface area contributed by atoms with Crippen molar-refractivity contribution in [3.63, 3.8) is 0 Å². The maximum atomic E-state index is 13.1. The van der Waals surface area contributed by atoms with Crippen LogP contribution >= 0.6 is 11.3 Å². The topological polar surface area (TPSA) is 127 Å². The maximum absolute atomic E-state index is 13.1. The highest BCUT2D eigenvalue weighted by atomic mass is 32.2. The van der Waals surface area contributed by atoms with Crippen molar-refractivity contribution in [2.45, 2.75) is 52.0 Å². The zero-order valence-corrected chi connectivity index (χ0v) is 23.5. The Bertz CT molecular complexity index is 1480. The van der Waals surface area contributed by atoms with Gasteiger partial charge in [0.15, 0.2) is 4.80 Å². The number of anilines is 1. The van der Waals surface area contributed by atoms with E-state index in [0.717, 1.165) is 0 Å². The highest BCUT2D eigenvalue weighted by molar-refractivity contribution is 7.89. The summed E-state index contributed by atoms with van der Waals surface area (Å²) in [6.07, 6.45) is 1.39. The summed E-state index contributed by atoms with van der Waals surface area (Å²) < 4.78 is 34.9. The van der Waals surface area contributed by atoms with Crippen LogP contribution in [0.3, 0.4) is 0 Å². The number of ether oxygens (including phenoxy) is 1. The number of carbonyl (C=O) groups is 3. The van der Waals surface area contributed by atoms with Crippen LogP contribution in [0.1, 0.15) is 50.9 Å². The third kappa shape index (κ3) is 6.94. The predicted octanol–water partition coefficient (Wildman–Crippen LogP) is 3.78. The van der Waals surface area contributed by atoms with Crippen LogP contribution in [0.4, 0.5) is 5.69 Å². The molecule has 0 saturated heterocycles. The van der Waals surface area contributed by atoms with Crippen LogP contribution in [-0.2, 0) is 30.9 Å². The summed E-state index contributed by atoms with van der Waals surface area (Å²) in [6, 6.07) is 10.9. The number of fused-ring (bicyclic) bond motifs is 1. The molecule has 38 heavy (non-hydrogen) atoms. The number of sulfonamides is 1. The number of rotatable bonds is 11. The second kappa shape index (κ2) is 12.9. The molecule has 2 amide bonds. The molecular formula is C26H32N4O6S2. The van der Waals surface area contributed by atoms with Crippen LogP contribution in [0.25, 0.3) is 10.2 Å². The summed E-state index contributed by atoms with van der Waals surface area (Å²) in [5.41, 5.74) is 1.43. The summed E-state index contributed by atoms with van der Waals surface area (Å²) in [5.74, 6) is -1.29. The van der Waals surface area contributed by atoms with E-state index in [1.165, 1.54) is 46.8 Å². The highest BCUT2D eigenvalue weighted by Gasteiger charge is 2.23. The van der Waals surface area contributed by atoms with Gasteiger partial charge in [0.25, 0.3) is 5.91 Å². The lowest BCUT2D eigenvalue weighted by Crippen LogP contribution is -2.32. The summed E-state index contributed by atoms with van der Waals surface area (Å²) >= 11 is 1.18. The van der Waals surface area contributed by atoms with Gasteiger partial charge in [0.1, 0.15) is 6.54 Å². The number of nitrogens with zero attached hydrogens (tertiary/aromatic N) is 3. The molecule has 10 nitrogen and oxygen atoms in total. The van der Waals surface area contributed by atoms with E-state index >= 15 is 0 Å². The second-order valence-electron chi connectivity index (χ2n) is 8.48. The Morgan fingerprint density at radius 1 is 1.03 bits per heavy atom. The van der Waals surface area contributed by atoms with Crippen LogP contribution in [0.15, 0.2) is 52.4 Å². The van der Waals surface area contributed by atoms with Gasteiger partial charge in [0, 0.05) is 31.3 Å². The van der Waals surface area contributed by atoms with Gasteiger partial charge < -0.3 is 14.6 Å². The lowest BCUT2D eigenvalue weighted by Gasteiger charge is -2.21. The van der Waals surface area contributed by atoms with E-state index < -0.39 is 21.9 Å². The number of aromatic nitrogens is 1. The van der Waals surface area contributed by atoms with Crippen molar-refractivity contribution in [2.24, 2.45) is 4.99 Å². The molecule has 3 aromatic rings. The molecule has 0 bridgehead atoms. The van der Waals surface area contributed by atoms with E-state index in [1.807, 2.05) is 13.8 Å². The first kappa shape index (κ1) is 29.2. The number of amides is 2. The molecule has 0 aliphatic rings. The Morgan fingerprint density at radius 3 is 2.26 bits per heavy atom. The van der Waals surface area contributed by atoms with Crippen LogP contribution in [0.5, 0.6) is 0 Å². The Morgan fingerprint density at radius 2 is 1.68 bits per heavy atom. The summed E-state index contributed by atoms with van der Waals surface area (Å²) in [6.45, 7) is 7.85. The molecular weight excluding hydrogens is 528 g/mol. The van der Waals surface area contributed by atoms with E-state index in [4.69, 9.17) is 4.74 Å². The fraction of sp³-hybridized carbons (Fsp3) is 0.385. The predicted molar refractivity (Wildman–Crippen MR) is 146 cm³/mol. The molecule has 1 N–H and O–H groups in total. The van der Waals surface area contributed by atoms with Gasteiger partial charge in [-0.1, -0.05) is 25.2 Å². The summed E-state index contributed by atoms with van der Waals surface area (Å²) in [7, 11) is -3.67. The molecule has 0 spiro atoms. The number of nitrogens with one attached hydrogen (secondary N) is 1. The number of hydrogen-bond acceptors (Lipinski definition) is 7. The van der Waals surface area contributed by atoms with Crippen molar-refractivity contribution >= 4 is 55.0 Å². The molecule has 1 heterocycles. The SMILES string of the molecule is CCCN(CCC)S(=O)(=O)c1ccc(C(=O)N=c2sc3cc(NC(C)=O)ccc3n2CC(=O)OCC)cc1. The molecule has 3 rings (SSSR count). The first-order valence-corrected chi connectivity index (χ1v) is 14.6. The average molecular weight is 561 g/mol. The summed E-state index contributed by atoms with van der Waals surface area (Å²) in [4.78, 5) is 41.4. The Hall–Kier alpha value is -3.35. The fourth-order valence-corrected chi connectivity index (χ4v) is 6.54. The smallest absolute Gasteiger partial charge is 0.326 e. The van der Waals surface area contributed by atoms with Gasteiger partial charge in [-0.05, 0) is 62.2 Å². The Balaban J connectivity index is 1.99. The van der Waals surface area contributed by atoms with E-state index in [-0.39, 0.29) is 34.3 Å². The van der Waals surface area contributed by atoms with Gasteiger partial charge in [-0.2, -0.15) is 9.30 Å². The van der Waals surface area contributed by atoms with Crippen molar-refractivity contribution in [3.05, 3.63) is 52.8 Å². The molecule has 0 fully saturated rings. The first-order chi connectivity index (χ1) is 18.1. The van der Waals surface area contributed by atoms with Gasteiger partial charge in [-0.25, -0.2) is 8.42 Å². The monoisotopic (exact) mass is 560 g/mol. The van der Waals surface area contributed by atoms with Crippen LogP contribution in [0.2, 0.25) is 0 Å². The molecule has 0 unspecified atom stereocenters. The molecule has 204 valence electrons. The molecule has 0 radical (unpaired) electrons. The maximum Gasteiger partial charge on any atom is 0.326 e. The molecule has 1 aromatic heterocycles.